The van der Waals surface area contributed by atoms with Crippen LogP contribution in [0.25, 0.3) is 0 Å². The zero-order valence-corrected chi connectivity index (χ0v) is 17.0. The summed E-state index contributed by atoms with van der Waals surface area (Å²) in [4.78, 5) is 16.8. The molecule has 1 heterocycles. The Bertz CT molecular complexity index is 766. The van der Waals surface area contributed by atoms with Gasteiger partial charge in [-0.2, -0.15) is 0 Å². The number of carbonyl (C=O) groups is 1. The van der Waals surface area contributed by atoms with Crippen LogP contribution >= 0.6 is 0 Å². The highest BCUT2D eigenvalue weighted by atomic mass is 16.3. The number of urea groups is 1. The lowest BCUT2D eigenvalue weighted by atomic mass is 9.75. The minimum atomic E-state index is -0.923. The fourth-order valence-corrected chi connectivity index (χ4v) is 4.06. The van der Waals surface area contributed by atoms with Crippen LogP contribution in [0.2, 0.25) is 0 Å². The van der Waals surface area contributed by atoms with Crippen molar-refractivity contribution in [3.8, 4) is 0 Å². The van der Waals surface area contributed by atoms with Crippen LogP contribution < -0.4 is 5.32 Å². The Morgan fingerprint density at radius 1 is 1.18 bits per heavy atom. The Hall–Kier alpha value is -2.37. The second-order valence-corrected chi connectivity index (χ2v) is 8.03. The summed E-state index contributed by atoms with van der Waals surface area (Å²) in [5, 5.41) is 14.6. The second kappa shape index (κ2) is 8.76. The summed E-state index contributed by atoms with van der Waals surface area (Å²) in [7, 11) is 4.00. The van der Waals surface area contributed by atoms with E-state index in [1.807, 2.05) is 86.6 Å². The van der Waals surface area contributed by atoms with E-state index in [0.29, 0.717) is 26.1 Å². The van der Waals surface area contributed by atoms with Crippen LogP contribution in [0.4, 0.5) is 4.79 Å². The number of nitrogens with zero attached hydrogens (tertiary/aromatic N) is 2. The van der Waals surface area contributed by atoms with E-state index in [1.54, 1.807) is 0 Å². The molecule has 0 aromatic heterocycles. The molecule has 0 bridgehead atoms. The highest BCUT2D eigenvalue weighted by Crippen LogP contribution is 2.37. The van der Waals surface area contributed by atoms with Crippen LogP contribution in [0, 0.1) is 5.92 Å². The molecule has 0 spiro atoms. The van der Waals surface area contributed by atoms with E-state index in [9.17, 15) is 9.90 Å². The summed E-state index contributed by atoms with van der Waals surface area (Å²) < 4.78 is 0. The fraction of sp³-hybridized carbons (Fsp3) is 0.435. The number of hydrogen-bond donors (Lipinski definition) is 2. The molecule has 1 fully saturated rings. The van der Waals surface area contributed by atoms with Crippen LogP contribution in [0.1, 0.15) is 30.5 Å². The molecule has 2 unspecified atom stereocenters. The molecule has 2 aromatic rings. The molecule has 0 radical (unpaired) electrons. The van der Waals surface area contributed by atoms with Crippen molar-refractivity contribution in [3.05, 3.63) is 71.8 Å². The molecule has 3 atom stereocenters. The number of rotatable bonds is 5. The molecule has 1 aliphatic heterocycles. The lowest BCUT2D eigenvalue weighted by molar-refractivity contribution is -0.0758. The van der Waals surface area contributed by atoms with Crippen molar-refractivity contribution in [1.82, 2.24) is 15.1 Å². The number of hydrogen-bond acceptors (Lipinski definition) is 3. The van der Waals surface area contributed by atoms with Crippen LogP contribution in [0.15, 0.2) is 60.7 Å². The molecule has 2 N–H and O–H groups in total. The van der Waals surface area contributed by atoms with Crippen LogP contribution in [0.5, 0.6) is 0 Å². The number of nitrogens with one attached hydrogen (secondary N) is 1. The zero-order valence-electron chi connectivity index (χ0n) is 17.0. The van der Waals surface area contributed by atoms with Gasteiger partial charge in [0.25, 0.3) is 0 Å². The Morgan fingerprint density at radius 3 is 2.39 bits per heavy atom. The van der Waals surface area contributed by atoms with Gasteiger partial charge in [0.05, 0.1) is 11.6 Å². The molecule has 0 aliphatic carbocycles. The normalized spacial score (nSPS) is 23.5. The van der Waals surface area contributed by atoms with Gasteiger partial charge in [0.15, 0.2) is 0 Å². The Labute approximate surface area is 168 Å². The average Bonchev–Trinajstić information content (AvgIpc) is 2.70. The molecule has 150 valence electrons. The smallest absolute Gasteiger partial charge is 0.317 e. The highest BCUT2D eigenvalue weighted by Gasteiger charge is 2.44. The topological polar surface area (TPSA) is 55.8 Å². The third-order valence-electron chi connectivity index (χ3n) is 5.66. The van der Waals surface area contributed by atoms with Gasteiger partial charge in [0.1, 0.15) is 0 Å². The third-order valence-corrected chi connectivity index (χ3v) is 5.66. The lowest BCUT2D eigenvalue weighted by Gasteiger charge is -2.46. The molecular formula is C23H31N3O2. The first-order valence-electron chi connectivity index (χ1n) is 9.93. The molecule has 2 amide bonds. The van der Waals surface area contributed by atoms with Gasteiger partial charge in [-0.05, 0) is 38.6 Å². The van der Waals surface area contributed by atoms with E-state index < -0.39 is 5.60 Å². The van der Waals surface area contributed by atoms with Crippen molar-refractivity contribution >= 4 is 6.03 Å². The molecule has 1 saturated heterocycles. The summed E-state index contributed by atoms with van der Waals surface area (Å²) in [6, 6.07) is 19.7. The summed E-state index contributed by atoms with van der Waals surface area (Å²) in [5.41, 5.74) is 1.09. The monoisotopic (exact) mass is 381 g/mol. The Balaban J connectivity index is 1.72. The van der Waals surface area contributed by atoms with E-state index in [0.717, 1.165) is 11.1 Å². The van der Waals surface area contributed by atoms with Crippen LogP contribution in [-0.2, 0) is 5.60 Å². The Morgan fingerprint density at radius 2 is 1.79 bits per heavy atom. The quantitative estimate of drug-likeness (QED) is 0.836. The van der Waals surface area contributed by atoms with E-state index in [1.165, 1.54) is 0 Å². The van der Waals surface area contributed by atoms with Crippen molar-refractivity contribution in [3.63, 3.8) is 0 Å². The second-order valence-electron chi connectivity index (χ2n) is 8.03. The van der Waals surface area contributed by atoms with Gasteiger partial charge in [-0.25, -0.2) is 4.79 Å². The third kappa shape index (κ3) is 4.54. The Kier molecular flexibility index (Phi) is 6.37. The first-order chi connectivity index (χ1) is 13.4. The molecule has 5 heteroatoms. The van der Waals surface area contributed by atoms with E-state index in [2.05, 4.69) is 10.2 Å². The van der Waals surface area contributed by atoms with Gasteiger partial charge >= 0.3 is 6.03 Å². The summed E-state index contributed by atoms with van der Waals surface area (Å²) in [6.45, 7) is 3.76. The zero-order chi connectivity index (χ0) is 20.1. The van der Waals surface area contributed by atoms with Gasteiger partial charge in [-0.1, -0.05) is 60.7 Å². The maximum Gasteiger partial charge on any atom is 0.317 e. The number of amides is 2. The van der Waals surface area contributed by atoms with E-state index in [4.69, 9.17) is 0 Å². The molecule has 3 rings (SSSR count). The molecule has 28 heavy (non-hydrogen) atoms. The van der Waals surface area contributed by atoms with Crippen molar-refractivity contribution in [2.45, 2.75) is 25.0 Å². The van der Waals surface area contributed by atoms with Gasteiger partial charge < -0.3 is 20.2 Å². The van der Waals surface area contributed by atoms with E-state index in [-0.39, 0.29) is 18.0 Å². The van der Waals surface area contributed by atoms with Crippen molar-refractivity contribution in [2.75, 3.05) is 33.7 Å². The number of benzene rings is 2. The minimum Gasteiger partial charge on any atom is -0.385 e. The first kappa shape index (κ1) is 20.4. The molecule has 5 nitrogen and oxygen atoms in total. The summed E-state index contributed by atoms with van der Waals surface area (Å²) in [6.07, 6.45) is 0.530. The van der Waals surface area contributed by atoms with Crippen molar-refractivity contribution in [1.29, 1.82) is 0 Å². The van der Waals surface area contributed by atoms with Crippen LogP contribution in [0.3, 0.4) is 0 Å². The van der Waals surface area contributed by atoms with Crippen molar-refractivity contribution < 1.29 is 9.90 Å². The highest BCUT2D eigenvalue weighted by molar-refractivity contribution is 5.75. The molecule has 0 saturated carbocycles. The number of likely N-dealkylation sites (tertiary alicyclic amines) is 1. The standard InChI is InChI=1S/C23H31N3O2/c1-18(19-10-6-4-7-11-19)24-22(27)26-15-14-23(28,20-12-8-5-9-13-20)21(17-26)16-25(2)3/h4-13,18,21,28H,14-17H2,1-3H3,(H,24,27)/t18-,21?,23?/m0/s1. The van der Waals surface area contributed by atoms with Gasteiger partial charge in [-0.3, -0.25) is 0 Å². The maximum atomic E-state index is 12.9. The molecular weight excluding hydrogens is 350 g/mol. The molecule has 1 aliphatic rings. The summed E-state index contributed by atoms with van der Waals surface area (Å²) >= 11 is 0. The van der Waals surface area contributed by atoms with Gasteiger partial charge in [0.2, 0.25) is 0 Å². The van der Waals surface area contributed by atoms with Gasteiger partial charge in [-0.15, -0.1) is 0 Å². The lowest BCUT2D eigenvalue weighted by Crippen LogP contribution is -2.56. The summed E-state index contributed by atoms with van der Waals surface area (Å²) in [5.74, 6) is -0.0589. The van der Waals surface area contributed by atoms with E-state index >= 15 is 0 Å². The SMILES string of the molecule is C[C@H](NC(=O)N1CCC(O)(c2ccccc2)C(CN(C)C)C1)c1ccccc1. The van der Waals surface area contributed by atoms with Crippen LogP contribution in [-0.4, -0.2) is 54.7 Å². The molecule has 2 aromatic carbocycles. The maximum absolute atomic E-state index is 12.9. The predicted molar refractivity (Wildman–Crippen MR) is 112 cm³/mol. The van der Waals surface area contributed by atoms with Crippen molar-refractivity contribution in [2.24, 2.45) is 5.92 Å². The van der Waals surface area contributed by atoms with Gasteiger partial charge in [0, 0.05) is 25.6 Å². The largest absolute Gasteiger partial charge is 0.385 e. The minimum absolute atomic E-state index is 0.0589. The predicted octanol–water partition coefficient (Wildman–Crippen LogP) is 3.23. The first-order valence-corrected chi connectivity index (χ1v) is 9.93. The fourth-order valence-electron chi connectivity index (χ4n) is 4.06. The number of aliphatic hydroxyl groups is 1. The number of carbonyl (C=O) groups excluding carboxylic acids is 1. The average molecular weight is 382 g/mol. The number of piperidine rings is 1.